The van der Waals surface area contributed by atoms with Crippen LogP contribution in [-0.4, -0.2) is 37.0 Å². The topological polar surface area (TPSA) is 66.5 Å². The number of carbonyl (C=O) groups excluding carboxylic acids is 1. The van der Waals surface area contributed by atoms with Crippen molar-refractivity contribution in [2.75, 3.05) is 18.4 Å². The van der Waals surface area contributed by atoms with Gasteiger partial charge in [0, 0.05) is 18.0 Å². The molecule has 1 fully saturated rings. The van der Waals surface area contributed by atoms with Gasteiger partial charge in [0.2, 0.25) is 15.9 Å². The number of halogens is 2. The van der Waals surface area contributed by atoms with E-state index in [9.17, 15) is 17.6 Å². The fraction of sp³-hybridized carbons (Fsp3) is 0.350. The summed E-state index contributed by atoms with van der Waals surface area (Å²) in [6.07, 6.45) is 2.71. The van der Waals surface area contributed by atoms with Crippen molar-refractivity contribution in [3.05, 3.63) is 53.3 Å². The Balaban J connectivity index is 1.73. The predicted molar refractivity (Wildman–Crippen MR) is 114 cm³/mol. The van der Waals surface area contributed by atoms with Crippen molar-refractivity contribution in [1.82, 2.24) is 4.31 Å². The van der Waals surface area contributed by atoms with Crippen LogP contribution in [0.3, 0.4) is 0 Å². The number of sulfonamides is 1. The van der Waals surface area contributed by atoms with Crippen molar-refractivity contribution < 1.29 is 17.6 Å². The fourth-order valence-corrected chi connectivity index (χ4v) is 5.60. The number of hydrogen-bond donors (Lipinski definition) is 1. The Kier molecular flexibility index (Phi) is 7.21. The number of amides is 1. The summed E-state index contributed by atoms with van der Waals surface area (Å²) >= 11 is 7.46. The maximum Gasteiger partial charge on any atom is 0.243 e. The number of benzene rings is 2. The summed E-state index contributed by atoms with van der Waals surface area (Å²) in [7, 11) is -3.63. The maximum atomic E-state index is 13.0. The van der Waals surface area contributed by atoms with Crippen molar-refractivity contribution in [2.45, 2.75) is 41.2 Å². The zero-order valence-corrected chi connectivity index (χ0v) is 18.3. The normalized spacial score (nSPS) is 16.4. The monoisotopic (exact) mass is 456 g/mol. The van der Waals surface area contributed by atoms with E-state index < -0.39 is 15.3 Å². The molecular formula is C20H22ClFN2O3S2. The lowest BCUT2D eigenvalue weighted by molar-refractivity contribution is -0.115. The number of anilines is 1. The lowest BCUT2D eigenvalue weighted by Crippen LogP contribution is -2.35. The number of piperidine rings is 1. The Bertz CT molecular complexity index is 978. The second-order valence-electron chi connectivity index (χ2n) is 6.81. The highest BCUT2D eigenvalue weighted by Gasteiger charge is 2.27. The Labute approximate surface area is 179 Å². The quantitative estimate of drug-likeness (QED) is 0.635. The molecule has 0 spiro atoms. The van der Waals surface area contributed by atoms with Gasteiger partial charge in [0.15, 0.2) is 0 Å². The molecule has 9 heteroatoms. The lowest BCUT2D eigenvalue weighted by Gasteiger charge is -2.26. The molecule has 1 N–H and O–H groups in total. The zero-order chi connectivity index (χ0) is 21.0. The van der Waals surface area contributed by atoms with Crippen LogP contribution in [0.15, 0.2) is 52.3 Å². The molecule has 0 bridgehead atoms. The van der Waals surface area contributed by atoms with Gasteiger partial charge in [-0.25, -0.2) is 12.8 Å². The molecule has 1 heterocycles. The average Bonchev–Trinajstić information content (AvgIpc) is 2.71. The number of thioether (sulfide) groups is 1. The van der Waals surface area contributed by atoms with Gasteiger partial charge < -0.3 is 5.32 Å². The van der Waals surface area contributed by atoms with Crippen LogP contribution in [0.5, 0.6) is 0 Å². The molecule has 1 aliphatic rings. The molecule has 0 aromatic heterocycles. The second kappa shape index (κ2) is 9.47. The summed E-state index contributed by atoms with van der Waals surface area (Å²) in [6.45, 7) is 2.71. The van der Waals surface area contributed by atoms with Gasteiger partial charge >= 0.3 is 0 Å². The molecular weight excluding hydrogens is 435 g/mol. The van der Waals surface area contributed by atoms with Crippen LogP contribution in [0.25, 0.3) is 0 Å². The molecule has 0 radical (unpaired) electrons. The predicted octanol–water partition coefficient (Wildman–Crippen LogP) is 4.77. The molecule has 1 aliphatic heterocycles. The van der Waals surface area contributed by atoms with E-state index in [2.05, 4.69) is 5.32 Å². The highest BCUT2D eigenvalue weighted by atomic mass is 35.5. The van der Waals surface area contributed by atoms with Crippen molar-refractivity contribution in [2.24, 2.45) is 0 Å². The van der Waals surface area contributed by atoms with Gasteiger partial charge in [0.25, 0.3) is 0 Å². The molecule has 3 rings (SSSR count). The van der Waals surface area contributed by atoms with Crippen LogP contribution >= 0.6 is 23.4 Å². The average molecular weight is 457 g/mol. The molecule has 156 valence electrons. The van der Waals surface area contributed by atoms with Gasteiger partial charge in [0.1, 0.15) is 5.82 Å². The van der Waals surface area contributed by atoms with E-state index in [0.29, 0.717) is 13.1 Å². The second-order valence-corrected chi connectivity index (χ2v) is 10.6. The maximum absolute atomic E-state index is 13.0. The molecule has 29 heavy (non-hydrogen) atoms. The Morgan fingerprint density at radius 1 is 1.14 bits per heavy atom. The van der Waals surface area contributed by atoms with E-state index in [1.54, 1.807) is 19.1 Å². The highest BCUT2D eigenvalue weighted by molar-refractivity contribution is 8.00. The van der Waals surface area contributed by atoms with E-state index in [-0.39, 0.29) is 27.3 Å². The number of nitrogens with zero attached hydrogens (tertiary/aromatic N) is 1. The van der Waals surface area contributed by atoms with Gasteiger partial charge in [-0.2, -0.15) is 4.31 Å². The van der Waals surface area contributed by atoms with Gasteiger partial charge in [0.05, 0.1) is 20.9 Å². The summed E-state index contributed by atoms with van der Waals surface area (Å²) in [6, 6.07) is 10.2. The first-order chi connectivity index (χ1) is 13.8. The number of rotatable bonds is 6. The van der Waals surface area contributed by atoms with Gasteiger partial charge in [-0.3, -0.25) is 4.79 Å². The van der Waals surface area contributed by atoms with Crippen LogP contribution < -0.4 is 5.32 Å². The van der Waals surface area contributed by atoms with E-state index in [4.69, 9.17) is 11.6 Å². The molecule has 2 aromatic carbocycles. The third-order valence-electron chi connectivity index (χ3n) is 4.64. The van der Waals surface area contributed by atoms with Crippen LogP contribution in [-0.2, 0) is 14.8 Å². The highest BCUT2D eigenvalue weighted by Crippen LogP contribution is 2.30. The zero-order valence-electron chi connectivity index (χ0n) is 15.9. The molecule has 5 nitrogen and oxygen atoms in total. The van der Waals surface area contributed by atoms with Gasteiger partial charge in [-0.15, -0.1) is 11.8 Å². The van der Waals surface area contributed by atoms with Gasteiger partial charge in [-0.1, -0.05) is 18.0 Å². The number of hydrogen-bond acceptors (Lipinski definition) is 4. The van der Waals surface area contributed by atoms with Crippen molar-refractivity contribution in [1.29, 1.82) is 0 Å². The van der Waals surface area contributed by atoms with Crippen molar-refractivity contribution >= 4 is 45.0 Å². The Morgan fingerprint density at radius 3 is 2.45 bits per heavy atom. The van der Waals surface area contributed by atoms with Crippen LogP contribution in [0.2, 0.25) is 5.02 Å². The first kappa shape index (κ1) is 22.1. The van der Waals surface area contributed by atoms with E-state index in [0.717, 1.165) is 24.2 Å². The summed E-state index contributed by atoms with van der Waals surface area (Å²) in [5, 5.41) is 2.48. The summed E-state index contributed by atoms with van der Waals surface area (Å²) in [5.74, 6) is -0.668. The number of nitrogens with one attached hydrogen (secondary N) is 1. The van der Waals surface area contributed by atoms with E-state index >= 15 is 0 Å². The first-order valence-electron chi connectivity index (χ1n) is 9.30. The Hall–Kier alpha value is -1.61. The largest absolute Gasteiger partial charge is 0.324 e. The molecule has 1 amide bonds. The fourth-order valence-electron chi connectivity index (χ4n) is 3.02. The standard InChI is InChI=1S/C20H22ClFN2O3S2/c1-14(28-16-7-5-15(22)6-8-16)20(25)23-19-13-17(9-10-18(19)21)29(26,27)24-11-3-2-4-12-24/h5-10,13-14H,2-4,11-12H2,1H3,(H,23,25). The molecule has 0 saturated carbocycles. The van der Waals surface area contributed by atoms with Crippen LogP contribution in [0, 0.1) is 5.82 Å². The first-order valence-corrected chi connectivity index (χ1v) is 12.0. The molecule has 1 atom stereocenters. The summed E-state index contributed by atoms with van der Waals surface area (Å²) < 4.78 is 40.2. The Morgan fingerprint density at radius 2 is 1.79 bits per heavy atom. The van der Waals surface area contributed by atoms with Crippen molar-refractivity contribution in [3.63, 3.8) is 0 Å². The molecule has 1 saturated heterocycles. The summed E-state index contributed by atoms with van der Waals surface area (Å²) in [4.78, 5) is 13.4. The van der Waals surface area contributed by atoms with Crippen LogP contribution in [0.4, 0.5) is 10.1 Å². The summed E-state index contributed by atoms with van der Waals surface area (Å²) in [5.41, 5.74) is 0.251. The number of carbonyl (C=O) groups is 1. The van der Waals surface area contributed by atoms with E-state index in [1.807, 2.05) is 0 Å². The molecule has 2 aromatic rings. The van der Waals surface area contributed by atoms with Crippen molar-refractivity contribution in [3.8, 4) is 0 Å². The lowest BCUT2D eigenvalue weighted by atomic mass is 10.2. The van der Waals surface area contributed by atoms with Crippen LogP contribution in [0.1, 0.15) is 26.2 Å². The molecule has 0 aliphatic carbocycles. The smallest absolute Gasteiger partial charge is 0.243 e. The minimum atomic E-state index is -3.63. The third kappa shape index (κ3) is 5.51. The SMILES string of the molecule is CC(Sc1ccc(F)cc1)C(=O)Nc1cc(S(=O)(=O)N2CCCCC2)ccc1Cl. The minimum Gasteiger partial charge on any atom is -0.324 e. The molecule has 1 unspecified atom stereocenters. The minimum absolute atomic E-state index is 0.109. The van der Waals surface area contributed by atoms with E-state index in [1.165, 1.54) is 46.4 Å². The van der Waals surface area contributed by atoms with Gasteiger partial charge in [-0.05, 0) is 62.2 Å². The third-order valence-corrected chi connectivity index (χ3v) is 7.98.